The zero-order valence-corrected chi connectivity index (χ0v) is 8.75. The monoisotopic (exact) mass is 207 g/mol. The van der Waals surface area contributed by atoms with Crippen LogP contribution in [0, 0.1) is 5.92 Å². The molecule has 3 N–H and O–H groups in total. The van der Waals surface area contributed by atoms with Crippen molar-refractivity contribution in [2.24, 2.45) is 5.92 Å². The Labute approximate surface area is 89.5 Å². The van der Waals surface area contributed by atoms with Gasteiger partial charge >= 0.3 is 0 Å². The van der Waals surface area contributed by atoms with Crippen molar-refractivity contribution in [3.05, 3.63) is 18.3 Å². The van der Waals surface area contributed by atoms with Crippen LogP contribution in [0.1, 0.15) is 19.3 Å². The lowest BCUT2D eigenvalue weighted by Crippen LogP contribution is -2.30. The van der Waals surface area contributed by atoms with E-state index in [0.717, 1.165) is 31.7 Å². The smallest absolute Gasteiger partial charge is 0.225 e. The van der Waals surface area contributed by atoms with Gasteiger partial charge in [0.15, 0.2) is 0 Å². The minimum atomic E-state index is 0.115. The Kier molecular flexibility index (Phi) is 3.40. The van der Waals surface area contributed by atoms with E-state index in [9.17, 15) is 4.79 Å². The average Bonchev–Trinajstić information content (AvgIpc) is 2.71. The van der Waals surface area contributed by atoms with E-state index in [-0.39, 0.29) is 5.91 Å². The highest BCUT2D eigenvalue weighted by Crippen LogP contribution is 2.16. The number of carbonyl (C=O) groups excluding carboxylic acids is 1. The molecular formula is C11H17N3O. The van der Waals surface area contributed by atoms with Crippen LogP contribution < -0.4 is 10.6 Å². The van der Waals surface area contributed by atoms with Gasteiger partial charge < -0.3 is 15.6 Å². The van der Waals surface area contributed by atoms with Gasteiger partial charge in [-0.15, -0.1) is 0 Å². The van der Waals surface area contributed by atoms with Gasteiger partial charge in [0.1, 0.15) is 5.82 Å². The van der Waals surface area contributed by atoms with Crippen LogP contribution in [0.5, 0.6) is 0 Å². The number of anilines is 1. The molecule has 0 bridgehead atoms. The van der Waals surface area contributed by atoms with Gasteiger partial charge in [0.25, 0.3) is 0 Å². The summed E-state index contributed by atoms with van der Waals surface area (Å²) in [5.41, 5.74) is 0. The Bertz CT molecular complexity index is 302. The highest BCUT2D eigenvalue weighted by molar-refractivity contribution is 5.89. The van der Waals surface area contributed by atoms with Crippen molar-refractivity contribution in [1.29, 1.82) is 0 Å². The molecule has 1 fully saturated rings. The van der Waals surface area contributed by atoms with Crippen LogP contribution in [0.15, 0.2) is 18.3 Å². The largest absolute Gasteiger partial charge is 0.348 e. The van der Waals surface area contributed by atoms with E-state index in [1.165, 1.54) is 0 Å². The van der Waals surface area contributed by atoms with E-state index in [1.54, 1.807) is 6.20 Å². The molecule has 1 aromatic rings. The zero-order valence-electron chi connectivity index (χ0n) is 8.75. The fraction of sp³-hybridized carbons (Fsp3) is 0.545. The number of piperidine rings is 1. The van der Waals surface area contributed by atoms with Crippen LogP contribution in [0.2, 0.25) is 0 Å². The van der Waals surface area contributed by atoms with E-state index in [0.29, 0.717) is 12.3 Å². The lowest BCUT2D eigenvalue weighted by atomic mass is 9.94. The summed E-state index contributed by atoms with van der Waals surface area (Å²) < 4.78 is 0. The SMILES string of the molecule is O=C(CC1CCNCC1)Nc1ccc[nH]1. The van der Waals surface area contributed by atoms with Crippen LogP contribution >= 0.6 is 0 Å². The van der Waals surface area contributed by atoms with Gasteiger partial charge in [-0.3, -0.25) is 4.79 Å². The van der Waals surface area contributed by atoms with Gasteiger partial charge in [0.05, 0.1) is 0 Å². The van der Waals surface area contributed by atoms with Crippen LogP contribution in [-0.2, 0) is 4.79 Å². The summed E-state index contributed by atoms with van der Waals surface area (Å²) in [6, 6.07) is 3.74. The van der Waals surface area contributed by atoms with Gasteiger partial charge in [-0.1, -0.05) is 0 Å². The lowest BCUT2D eigenvalue weighted by Gasteiger charge is -2.21. The number of H-pyrrole nitrogens is 1. The average molecular weight is 207 g/mol. The van der Waals surface area contributed by atoms with Gasteiger partial charge in [-0.25, -0.2) is 0 Å². The number of nitrogens with one attached hydrogen (secondary N) is 3. The predicted molar refractivity (Wildman–Crippen MR) is 59.6 cm³/mol. The molecule has 0 spiro atoms. The second-order valence-corrected chi connectivity index (χ2v) is 4.03. The number of hydrogen-bond donors (Lipinski definition) is 3. The summed E-state index contributed by atoms with van der Waals surface area (Å²) in [5.74, 6) is 1.44. The van der Waals surface area contributed by atoms with Gasteiger partial charge in [-0.2, -0.15) is 0 Å². The molecule has 0 radical (unpaired) electrons. The Morgan fingerprint density at radius 3 is 2.93 bits per heavy atom. The van der Waals surface area contributed by atoms with E-state index < -0.39 is 0 Å². The van der Waals surface area contributed by atoms with Gasteiger partial charge in [-0.05, 0) is 44.0 Å². The quantitative estimate of drug-likeness (QED) is 0.700. The molecule has 0 aromatic carbocycles. The molecule has 2 rings (SSSR count). The number of rotatable bonds is 3. The number of amides is 1. The normalized spacial score (nSPS) is 17.6. The molecule has 1 amide bonds. The van der Waals surface area contributed by atoms with Crippen molar-refractivity contribution in [2.45, 2.75) is 19.3 Å². The zero-order chi connectivity index (χ0) is 10.5. The molecule has 0 saturated carbocycles. The molecule has 0 atom stereocenters. The van der Waals surface area contributed by atoms with Crippen molar-refractivity contribution < 1.29 is 4.79 Å². The summed E-state index contributed by atoms with van der Waals surface area (Å²) in [6.45, 7) is 2.08. The number of hydrogen-bond acceptors (Lipinski definition) is 2. The van der Waals surface area contributed by atoms with Crippen molar-refractivity contribution in [3.63, 3.8) is 0 Å². The highest BCUT2D eigenvalue weighted by atomic mass is 16.1. The summed E-state index contributed by atoms with van der Waals surface area (Å²) >= 11 is 0. The number of aromatic nitrogens is 1. The van der Waals surface area contributed by atoms with Crippen molar-refractivity contribution in [2.75, 3.05) is 18.4 Å². The third-order valence-corrected chi connectivity index (χ3v) is 2.80. The summed E-state index contributed by atoms with van der Waals surface area (Å²) in [5, 5.41) is 6.15. The minimum Gasteiger partial charge on any atom is -0.348 e. The topological polar surface area (TPSA) is 56.9 Å². The second kappa shape index (κ2) is 4.98. The molecule has 0 unspecified atom stereocenters. The first-order valence-corrected chi connectivity index (χ1v) is 5.48. The predicted octanol–water partition coefficient (Wildman–Crippen LogP) is 1.34. The van der Waals surface area contributed by atoms with Crippen LogP contribution in [0.3, 0.4) is 0 Å². The molecule has 1 aromatic heterocycles. The van der Waals surface area contributed by atoms with E-state index in [1.807, 2.05) is 12.1 Å². The fourth-order valence-electron chi connectivity index (χ4n) is 1.96. The number of aromatic amines is 1. The van der Waals surface area contributed by atoms with Crippen LogP contribution in [0.25, 0.3) is 0 Å². The lowest BCUT2D eigenvalue weighted by molar-refractivity contribution is -0.117. The van der Waals surface area contributed by atoms with Gasteiger partial charge in [0, 0.05) is 12.6 Å². The summed E-state index contributed by atoms with van der Waals surface area (Å²) in [6.07, 6.45) is 4.66. The Hall–Kier alpha value is -1.29. The fourth-order valence-corrected chi connectivity index (χ4v) is 1.96. The third kappa shape index (κ3) is 3.09. The van der Waals surface area contributed by atoms with Crippen LogP contribution in [-0.4, -0.2) is 24.0 Å². The molecule has 1 aliphatic heterocycles. The second-order valence-electron chi connectivity index (χ2n) is 4.03. The molecular weight excluding hydrogens is 190 g/mol. The van der Waals surface area contributed by atoms with Gasteiger partial charge in [0.2, 0.25) is 5.91 Å². The molecule has 4 nitrogen and oxygen atoms in total. The van der Waals surface area contributed by atoms with E-state index in [2.05, 4.69) is 15.6 Å². The third-order valence-electron chi connectivity index (χ3n) is 2.80. The molecule has 0 aliphatic carbocycles. The number of carbonyl (C=O) groups is 1. The molecule has 2 heterocycles. The molecule has 82 valence electrons. The maximum atomic E-state index is 11.6. The minimum absolute atomic E-state index is 0.115. The molecule has 1 saturated heterocycles. The Morgan fingerprint density at radius 2 is 2.27 bits per heavy atom. The standard InChI is InChI=1S/C11H17N3O/c15-11(14-10-2-1-5-13-10)8-9-3-6-12-7-4-9/h1-2,5,9,12-13H,3-4,6-8H2,(H,14,15). The summed E-state index contributed by atoms with van der Waals surface area (Å²) in [7, 11) is 0. The van der Waals surface area contributed by atoms with Crippen LogP contribution in [0.4, 0.5) is 5.82 Å². The van der Waals surface area contributed by atoms with E-state index in [4.69, 9.17) is 0 Å². The van der Waals surface area contributed by atoms with Crippen molar-refractivity contribution in [1.82, 2.24) is 10.3 Å². The maximum Gasteiger partial charge on any atom is 0.225 e. The van der Waals surface area contributed by atoms with Crippen molar-refractivity contribution >= 4 is 11.7 Å². The Balaban J connectivity index is 1.76. The first kappa shape index (κ1) is 10.2. The molecule has 4 heteroatoms. The van der Waals surface area contributed by atoms with Crippen molar-refractivity contribution in [3.8, 4) is 0 Å². The van der Waals surface area contributed by atoms with E-state index >= 15 is 0 Å². The molecule has 15 heavy (non-hydrogen) atoms. The first-order valence-electron chi connectivity index (χ1n) is 5.48. The summed E-state index contributed by atoms with van der Waals surface area (Å²) in [4.78, 5) is 14.6. The maximum absolute atomic E-state index is 11.6. The molecule has 1 aliphatic rings. The highest BCUT2D eigenvalue weighted by Gasteiger charge is 2.16. The Morgan fingerprint density at radius 1 is 1.47 bits per heavy atom. The first-order chi connectivity index (χ1) is 7.34.